The number of rotatable bonds is 4. The zero-order valence-corrected chi connectivity index (χ0v) is 11.4. The Labute approximate surface area is 117 Å². The SMILES string of the molecule is COc1ccc(C(C)Nc2ccc(F)c(C#N)c2)cc1. The Kier molecular flexibility index (Phi) is 4.21. The maximum atomic E-state index is 13.2. The Morgan fingerprint density at radius 3 is 2.50 bits per heavy atom. The Morgan fingerprint density at radius 2 is 1.90 bits per heavy atom. The van der Waals surface area contributed by atoms with Gasteiger partial charge in [0.1, 0.15) is 17.6 Å². The molecule has 1 unspecified atom stereocenters. The fourth-order valence-electron chi connectivity index (χ4n) is 1.93. The zero-order chi connectivity index (χ0) is 14.5. The van der Waals surface area contributed by atoms with Gasteiger partial charge in [-0.2, -0.15) is 5.26 Å². The molecule has 2 aromatic rings. The number of anilines is 1. The number of ether oxygens (including phenoxy) is 1. The molecule has 0 heterocycles. The average Bonchev–Trinajstić information content (AvgIpc) is 2.49. The average molecular weight is 270 g/mol. The Hall–Kier alpha value is -2.54. The molecule has 1 N–H and O–H groups in total. The van der Waals surface area contributed by atoms with E-state index in [0.717, 1.165) is 11.3 Å². The summed E-state index contributed by atoms with van der Waals surface area (Å²) in [6.45, 7) is 2.00. The van der Waals surface area contributed by atoms with E-state index in [2.05, 4.69) is 5.32 Å². The van der Waals surface area contributed by atoms with Crippen LogP contribution in [0, 0.1) is 17.1 Å². The van der Waals surface area contributed by atoms with Crippen LogP contribution in [-0.2, 0) is 0 Å². The number of halogens is 1. The van der Waals surface area contributed by atoms with E-state index in [9.17, 15) is 4.39 Å². The highest BCUT2D eigenvalue weighted by molar-refractivity contribution is 5.51. The molecule has 0 saturated heterocycles. The lowest BCUT2D eigenvalue weighted by molar-refractivity contribution is 0.414. The minimum atomic E-state index is -0.504. The van der Waals surface area contributed by atoms with E-state index in [4.69, 9.17) is 10.00 Å². The van der Waals surface area contributed by atoms with Crippen LogP contribution in [0.15, 0.2) is 42.5 Å². The molecular weight excluding hydrogens is 255 g/mol. The second kappa shape index (κ2) is 6.07. The maximum absolute atomic E-state index is 13.2. The Balaban J connectivity index is 2.14. The van der Waals surface area contributed by atoms with Crippen LogP contribution in [-0.4, -0.2) is 7.11 Å². The minimum Gasteiger partial charge on any atom is -0.497 e. The summed E-state index contributed by atoms with van der Waals surface area (Å²) in [5.41, 5.74) is 1.83. The van der Waals surface area contributed by atoms with E-state index in [1.807, 2.05) is 37.3 Å². The number of hydrogen-bond donors (Lipinski definition) is 1. The first-order valence-electron chi connectivity index (χ1n) is 6.24. The third-order valence-corrected chi connectivity index (χ3v) is 3.09. The third-order valence-electron chi connectivity index (χ3n) is 3.09. The van der Waals surface area contributed by atoms with Crippen molar-refractivity contribution in [1.29, 1.82) is 5.26 Å². The molecule has 4 heteroatoms. The summed E-state index contributed by atoms with van der Waals surface area (Å²) in [6.07, 6.45) is 0. The lowest BCUT2D eigenvalue weighted by Crippen LogP contribution is -2.06. The quantitative estimate of drug-likeness (QED) is 0.917. The number of methoxy groups -OCH3 is 1. The summed E-state index contributed by atoms with van der Waals surface area (Å²) in [5, 5.41) is 12.1. The molecule has 2 rings (SSSR count). The van der Waals surface area contributed by atoms with Crippen molar-refractivity contribution in [1.82, 2.24) is 0 Å². The van der Waals surface area contributed by atoms with Crippen molar-refractivity contribution < 1.29 is 9.13 Å². The molecule has 0 saturated carbocycles. The molecular formula is C16H15FN2O. The minimum absolute atomic E-state index is 0.0388. The van der Waals surface area contributed by atoms with E-state index in [-0.39, 0.29) is 11.6 Å². The van der Waals surface area contributed by atoms with Gasteiger partial charge >= 0.3 is 0 Å². The molecule has 0 aromatic heterocycles. The lowest BCUT2D eigenvalue weighted by atomic mass is 10.1. The first-order valence-corrected chi connectivity index (χ1v) is 6.24. The fourth-order valence-corrected chi connectivity index (χ4v) is 1.93. The first kappa shape index (κ1) is 13.9. The van der Waals surface area contributed by atoms with Gasteiger partial charge in [-0.3, -0.25) is 0 Å². The molecule has 2 aromatic carbocycles. The lowest BCUT2D eigenvalue weighted by Gasteiger charge is -2.16. The van der Waals surface area contributed by atoms with Gasteiger partial charge in [-0.25, -0.2) is 4.39 Å². The molecule has 0 bridgehead atoms. The van der Waals surface area contributed by atoms with Gasteiger partial charge in [0.25, 0.3) is 0 Å². The van der Waals surface area contributed by atoms with Gasteiger partial charge in [-0.15, -0.1) is 0 Å². The van der Waals surface area contributed by atoms with E-state index >= 15 is 0 Å². The molecule has 0 aliphatic rings. The third kappa shape index (κ3) is 3.07. The second-order valence-electron chi connectivity index (χ2n) is 4.45. The summed E-state index contributed by atoms with van der Waals surface area (Å²) in [5.74, 6) is 0.296. The van der Waals surface area contributed by atoms with Crippen LogP contribution in [0.1, 0.15) is 24.1 Å². The Morgan fingerprint density at radius 1 is 1.20 bits per heavy atom. The molecule has 102 valence electrons. The number of nitriles is 1. The maximum Gasteiger partial charge on any atom is 0.141 e. The molecule has 0 fully saturated rings. The van der Waals surface area contributed by atoms with Crippen molar-refractivity contribution in [3.05, 3.63) is 59.4 Å². The first-order chi connectivity index (χ1) is 9.63. The van der Waals surface area contributed by atoms with E-state index in [1.165, 1.54) is 12.1 Å². The molecule has 0 aliphatic carbocycles. The predicted molar refractivity (Wildman–Crippen MR) is 76.1 cm³/mol. The molecule has 1 atom stereocenters. The van der Waals surface area contributed by atoms with Crippen LogP contribution in [0.3, 0.4) is 0 Å². The van der Waals surface area contributed by atoms with Gasteiger partial charge in [0.15, 0.2) is 0 Å². The smallest absolute Gasteiger partial charge is 0.141 e. The second-order valence-corrected chi connectivity index (χ2v) is 4.45. The molecule has 3 nitrogen and oxygen atoms in total. The largest absolute Gasteiger partial charge is 0.497 e. The molecule has 0 amide bonds. The van der Waals surface area contributed by atoms with E-state index in [1.54, 1.807) is 13.2 Å². The van der Waals surface area contributed by atoms with Gasteiger partial charge in [-0.1, -0.05) is 12.1 Å². The van der Waals surface area contributed by atoms with Gasteiger partial charge < -0.3 is 10.1 Å². The van der Waals surface area contributed by atoms with Crippen molar-refractivity contribution in [3.63, 3.8) is 0 Å². The summed E-state index contributed by atoms with van der Waals surface area (Å²) >= 11 is 0. The fraction of sp³-hybridized carbons (Fsp3) is 0.188. The summed E-state index contributed by atoms with van der Waals surface area (Å²) in [6, 6.07) is 14.0. The van der Waals surface area contributed by atoms with Crippen LogP contribution in [0.4, 0.5) is 10.1 Å². The number of benzene rings is 2. The monoisotopic (exact) mass is 270 g/mol. The van der Waals surface area contributed by atoms with Crippen LogP contribution >= 0.6 is 0 Å². The van der Waals surface area contributed by atoms with E-state index in [0.29, 0.717) is 5.69 Å². The molecule has 0 spiro atoms. The van der Waals surface area contributed by atoms with Gasteiger partial charge in [0, 0.05) is 11.7 Å². The van der Waals surface area contributed by atoms with Crippen molar-refractivity contribution >= 4 is 5.69 Å². The highest BCUT2D eigenvalue weighted by Gasteiger charge is 2.08. The van der Waals surface area contributed by atoms with Gasteiger partial charge in [-0.05, 0) is 42.8 Å². The summed E-state index contributed by atoms with van der Waals surface area (Å²) < 4.78 is 18.4. The number of nitrogens with one attached hydrogen (secondary N) is 1. The van der Waals surface area contributed by atoms with Crippen molar-refractivity contribution in [2.75, 3.05) is 12.4 Å². The molecule has 0 radical (unpaired) electrons. The van der Waals surface area contributed by atoms with Crippen LogP contribution in [0.2, 0.25) is 0 Å². The summed E-state index contributed by atoms with van der Waals surface area (Å²) in [4.78, 5) is 0. The van der Waals surface area contributed by atoms with Gasteiger partial charge in [0.2, 0.25) is 0 Å². The van der Waals surface area contributed by atoms with Crippen LogP contribution in [0.5, 0.6) is 5.75 Å². The predicted octanol–water partition coefficient (Wildman–Crippen LogP) is 3.88. The molecule has 0 aliphatic heterocycles. The van der Waals surface area contributed by atoms with Crippen molar-refractivity contribution in [2.24, 2.45) is 0 Å². The summed E-state index contributed by atoms with van der Waals surface area (Å²) in [7, 11) is 1.62. The standard InChI is InChI=1S/C16H15FN2O/c1-11(12-3-6-15(20-2)7-4-12)19-14-5-8-16(17)13(9-14)10-18/h3-9,11,19H,1-2H3. The normalized spacial score (nSPS) is 11.5. The number of hydrogen-bond acceptors (Lipinski definition) is 3. The van der Waals surface area contributed by atoms with E-state index < -0.39 is 5.82 Å². The molecule has 20 heavy (non-hydrogen) atoms. The zero-order valence-electron chi connectivity index (χ0n) is 11.4. The highest BCUT2D eigenvalue weighted by atomic mass is 19.1. The van der Waals surface area contributed by atoms with Gasteiger partial charge in [0.05, 0.1) is 12.7 Å². The van der Waals surface area contributed by atoms with Crippen LogP contribution in [0.25, 0.3) is 0 Å². The topological polar surface area (TPSA) is 45.0 Å². The number of nitrogens with zero attached hydrogens (tertiary/aromatic N) is 1. The van der Waals surface area contributed by atoms with Crippen LogP contribution < -0.4 is 10.1 Å². The Bertz CT molecular complexity index is 632. The highest BCUT2D eigenvalue weighted by Crippen LogP contribution is 2.22. The van der Waals surface area contributed by atoms with Crippen molar-refractivity contribution in [3.8, 4) is 11.8 Å². The van der Waals surface area contributed by atoms with Crippen molar-refractivity contribution in [2.45, 2.75) is 13.0 Å².